The molecule has 0 saturated heterocycles. The highest BCUT2D eigenvalue weighted by molar-refractivity contribution is 8.33. The third-order valence-corrected chi connectivity index (χ3v) is 11.6. The first kappa shape index (κ1) is 36.5. The van der Waals surface area contributed by atoms with Gasteiger partial charge in [-0.15, -0.1) is 0 Å². The van der Waals surface area contributed by atoms with Crippen LogP contribution in [0.25, 0.3) is 0 Å². The van der Waals surface area contributed by atoms with Gasteiger partial charge in [-0.05, 0) is 132 Å². The zero-order valence-electron chi connectivity index (χ0n) is 28.2. The molecule has 0 unspecified atom stereocenters. The van der Waals surface area contributed by atoms with Crippen LogP contribution in [0.5, 0.6) is 11.5 Å². The molecule has 0 aliphatic heterocycles. The van der Waals surface area contributed by atoms with E-state index in [0.717, 1.165) is 5.56 Å². The van der Waals surface area contributed by atoms with Crippen LogP contribution in [-0.4, -0.2) is 44.8 Å². The van der Waals surface area contributed by atoms with Crippen molar-refractivity contribution in [2.75, 3.05) is 13.2 Å². The van der Waals surface area contributed by atoms with Crippen molar-refractivity contribution < 1.29 is 40.6 Å². The Kier molecular flexibility index (Phi) is 11.3. The number of esters is 2. The van der Waals surface area contributed by atoms with Crippen LogP contribution in [0.1, 0.15) is 47.1 Å². The predicted molar refractivity (Wildman–Crippen MR) is 184 cm³/mol. The Labute approximate surface area is 284 Å². The van der Waals surface area contributed by atoms with Gasteiger partial charge in [0.05, 0.1) is 4.90 Å². The minimum atomic E-state index is -4.32. The second kappa shape index (κ2) is 14.8. The van der Waals surface area contributed by atoms with E-state index in [9.17, 15) is 18.0 Å². The first-order valence-electron chi connectivity index (χ1n) is 15.3. The highest BCUT2D eigenvalue weighted by atomic mass is 32.3. The largest absolute Gasteiger partial charge is 0.482 e. The van der Waals surface area contributed by atoms with E-state index in [-0.39, 0.29) is 18.1 Å². The van der Waals surface area contributed by atoms with Gasteiger partial charge >= 0.3 is 22.1 Å². The lowest BCUT2D eigenvalue weighted by Gasteiger charge is -2.39. The van der Waals surface area contributed by atoms with Gasteiger partial charge in [-0.3, -0.25) is 0 Å². The fraction of sp³-hybridized carbons (Fsp3) is 0.297. The topological polar surface area (TPSA) is 114 Å². The lowest BCUT2D eigenvalue weighted by molar-refractivity contribution is -0.158. The van der Waals surface area contributed by atoms with Crippen molar-refractivity contribution in [1.82, 2.24) is 0 Å². The zero-order valence-corrected chi connectivity index (χ0v) is 29.9. The van der Waals surface area contributed by atoms with Gasteiger partial charge in [0, 0.05) is 14.7 Å². The smallest absolute Gasteiger partial charge is 0.344 e. The van der Waals surface area contributed by atoms with Crippen molar-refractivity contribution in [3.8, 4) is 11.5 Å². The minimum Gasteiger partial charge on any atom is -0.482 e. The monoisotopic (exact) mass is 694 g/mol. The van der Waals surface area contributed by atoms with Crippen LogP contribution in [0.3, 0.4) is 0 Å². The van der Waals surface area contributed by atoms with Crippen LogP contribution in [0.15, 0.2) is 123 Å². The van der Waals surface area contributed by atoms with E-state index in [0.29, 0.717) is 26.2 Å². The van der Waals surface area contributed by atoms with E-state index >= 15 is 0 Å². The maximum atomic E-state index is 14.0. The third-order valence-electron chi connectivity index (χ3n) is 6.44. The molecule has 4 aromatic carbocycles. The molecule has 0 bridgehead atoms. The van der Waals surface area contributed by atoms with E-state index in [4.69, 9.17) is 22.6 Å². The van der Waals surface area contributed by atoms with E-state index < -0.39 is 43.6 Å². The number of ether oxygens (including phenoxy) is 4. The maximum Gasteiger partial charge on any atom is 0.344 e. The molecule has 11 heteroatoms. The molecule has 4 rings (SSSR count). The Morgan fingerprint density at radius 1 is 0.542 bits per heavy atom. The van der Waals surface area contributed by atoms with Gasteiger partial charge in [0.1, 0.15) is 22.7 Å². The quantitative estimate of drug-likeness (QED) is 0.136. The highest BCUT2D eigenvalue weighted by Gasteiger charge is 2.38. The molecule has 0 fully saturated rings. The molecule has 0 aromatic heterocycles. The summed E-state index contributed by atoms with van der Waals surface area (Å²) in [4.78, 5) is 26.2. The summed E-state index contributed by atoms with van der Waals surface area (Å²) in [5.41, 5.74) is -0.404. The standard InChI is InChI=1S/C37H42O9S2/c1-27-13-19-33(20-14-27)48(40,41)46-47(30-11-9-8-10-12-30,31-21-15-28(16-22-31)42-25-34(38)44-36(2,3)4)32-23-17-29(18-24-32)43-26-35(39)45-37(5,6)7/h8-24H,25-26H2,1-7H3. The second-order valence-electron chi connectivity index (χ2n) is 12.9. The molecule has 0 aliphatic carbocycles. The maximum absolute atomic E-state index is 14.0. The zero-order chi connectivity index (χ0) is 35.2. The second-order valence-corrected chi connectivity index (χ2v) is 17.3. The van der Waals surface area contributed by atoms with Gasteiger partial charge in [0.15, 0.2) is 13.2 Å². The van der Waals surface area contributed by atoms with Gasteiger partial charge in [0.25, 0.3) is 0 Å². The molecule has 4 aromatic rings. The Balaban J connectivity index is 1.77. The number of carbonyl (C=O) groups is 2. The first-order chi connectivity index (χ1) is 22.5. The lowest BCUT2D eigenvalue weighted by Crippen LogP contribution is -2.27. The molecule has 0 N–H and O–H groups in total. The fourth-order valence-corrected chi connectivity index (χ4v) is 9.70. The lowest BCUT2D eigenvalue weighted by atomic mass is 10.2. The Bertz CT molecular complexity index is 1710. The van der Waals surface area contributed by atoms with Crippen LogP contribution in [0.2, 0.25) is 0 Å². The van der Waals surface area contributed by atoms with Crippen molar-refractivity contribution >= 4 is 32.4 Å². The first-order valence-corrected chi connectivity index (χ1v) is 18.2. The van der Waals surface area contributed by atoms with Crippen LogP contribution >= 0.6 is 10.3 Å². The van der Waals surface area contributed by atoms with Gasteiger partial charge in [-0.1, -0.05) is 35.9 Å². The highest BCUT2D eigenvalue weighted by Crippen LogP contribution is 2.70. The molecular formula is C37H42O9S2. The van der Waals surface area contributed by atoms with Crippen molar-refractivity contribution in [2.24, 2.45) is 0 Å². The molecular weight excluding hydrogens is 653 g/mol. The predicted octanol–water partition coefficient (Wildman–Crippen LogP) is 8.04. The summed E-state index contributed by atoms with van der Waals surface area (Å²) in [5.74, 6) is -0.258. The number of hydrogen-bond donors (Lipinski definition) is 0. The summed E-state index contributed by atoms with van der Waals surface area (Å²) in [6.45, 7) is 11.9. The molecule has 0 saturated carbocycles. The molecule has 0 heterocycles. The normalized spacial score (nSPS) is 12.6. The summed E-state index contributed by atoms with van der Waals surface area (Å²) in [7, 11) is -7.30. The van der Waals surface area contributed by atoms with Gasteiger partial charge in [-0.2, -0.15) is 8.42 Å². The van der Waals surface area contributed by atoms with Gasteiger partial charge in [-0.25, -0.2) is 13.2 Å². The molecule has 256 valence electrons. The number of carbonyl (C=O) groups excluding carboxylic acids is 2. The van der Waals surface area contributed by atoms with Crippen LogP contribution in [0, 0.1) is 6.92 Å². The van der Waals surface area contributed by atoms with Crippen molar-refractivity contribution in [3.05, 3.63) is 109 Å². The number of benzene rings is 4. The number of aryl methyl sites for hydroxylation is 1. The average Bonchev–Trinajstić information content (AvgIpc) is 3.01. The number of hydrogen-bond acceptors (Lipinski definition) is 9. The van der Waals surface area contributed by atoms with Crippen molar-refractivity contribution in [1.29, 1.82) is 0 Å². The summed E-state index contributed by atoms with van der Waals surface area (Å²) in [6, 6.07) is 29.1. The molecule has 9 nitrogen and oxygen atoms in total. The fourth-order valence-electron chi connectivity index (χ4n) is 4.50. The summed E-state index contributed by atoms with van der Waals surface area (Å²) >= 11 is 0. The summed E-state index contributed by atoms with van der Waals surface area (Å²) in [6.07, 6.45) is 0. The van der Waals surface area contributed by atoms with E-state index in [1.165, 1.54) is 12.1 Å². The molecule has 0 radical (unpaired) electrons. The average molecular weight is 695 g/mol. The van der Waals surface area contributed by atoms with E-state index in [1.54, 1.807) is 102 Å². The molecule has 0 amide bonds. The third kappa shape index (κ3) is 9.85. The number of rotatable bonds is 12. The summed E-state index contributed by atoms with van der Waals surface area (Å²) < 4.78 is 56.6. The van der Waals surface area contributed by atoms with Crippen LogP contribution < -0.4 is 9.47 Å². The van der Waals surface area contributed by atoms with Crippen molar-refractivity contribution in [3.63, 3.8) is 0 Å². The van der Waals surface area contributed by atoms with Gasteiger partial charge < -0.3 is 18.9 Å². The van der Waals surface area contributed by atoms with Crippen LogP contribution in [0.4, 0.5) is 0 Å². The molecule has 0 spiro atoms. The molecule has 0 atom stereocenters. The molecule has 0 aliphatic rings. The van der Waals surface area contributed by atoms with Gasteiger partial charge in [0.2, 0.25) is 0 Å². The van der Waals surface area contributed by atoms with Crippen LogP contribution in [-0.2, 0) is 32.8 Å². The Morgan fingerprint density at radius 3 is 1.31 bits per heavy atom. The van der Waals surface area contributed by atoms with E-state index in [2.05, 4.69) is 0 Å². The summed E-state index contributed by atoms with van der Waals surface area (Å²) in [5, 5.41) is 0. The molecule has 48 heavy (non-hydrogen) atoms. The Morgan fingerprint density at radius 2 is 0.917 bits per heavy atom. The minimum absolute atomic E-state index is 0.00975. The van der Waals surface area contributed by atoms with Crippen molar-refractivity contribution in [2.45, 2.75) is 79.3 Å². The Hall–Kier alpha value is -4.32. The van der Waals surface area contributed by atoms with E-state index in [1.807, 2.05) is 37.3 Å². The SMILES string of the molecule is Cc1ccc(S(=O)(=O)OS(c2ccccc2)(c2ccc(OCC(=O)OC(C)(C)C)cc2)c2ccc(OCC(=O)OC(C)(C)C)cc2)cc1.